The van der Waals surface area contributed by atoms with E-state index in [1.165, 1.54) is 0 Å². The van der Waals surface area contributed by atoms with Crippen LogP contribution in [0.4, 0.5) is 0 Å². The molecule has 0 amide bonds. The van der Waals surface area contributed by atoms with Crippen LogP contribution in [0.3, 0.4) is 0 Å². The van der Waals surface area contributed by atoms with Gasteiger partial charge in [0.1, 0.15) is 0 Å². The molecule has 2 unspecified atom stereocenters. The maximum atomic E-state index is 12.8. The largest absolute Gasteiger partial charge is 0.365 e. The minimum atomic E-state index is -1.10. The third-order valence-electron chi connectivity index (χ3n) is 7.21. The molecule has 4 nitrogen and oxygen atoms in total. The summed E-state index contributed by atoms with van der Waals surface area (Å²) in [5.74, 6) is -0.978. The summed E-state index contributed by atoms with van der Waals surface area (Å²) in [6.07, 6.45) is 1.32. The number of hydrogen-bond acceptors (Lipinski definition) is 4. The molecule has 116 valence electrons. The van der Waals surface area contributed by atoms with Gasteiger partial charge >= 0.3 is 0 Å². The summed E-state index contributed by atoms with van der Waals surface area (Å²) in [5.41, 5.74) is -0.135. The molecule has 6 atom stereocenters. The summed E-state index contributed by atoms with van der Waals surface area (Å²) in [5, 5.41) is 10.8. The van der Waals surface area contributed by atoms with E-state index < -0.39 is 17.7 Å². The molecule has 0 spiro atoms. The molecule has 22 heavy (non-hydrogen) atoms. The van der Waals surface area contributed by atoms with Crippen LogP contribution in [0.2, 0.25) is 0 Å². The van der Waals surface area contributed by atoms with Crippen molar-refractivity contribution < 1.29 is 19.4 Å². The first kappa shape index (κ1) is 13.2. The van der Waals surface area contributed by atoms with Gasteiger partial charge in [-0.25, -0.2) is 0 Å². The van der Waals surface area contributed by atoms with Crippen LogP contribution in [0.25, 0.3) is 0 Å². The van der Waals surface area contributed by atoms with E-state index in [2.05, 4.69) is 13.8 Å². The van der Waals surface area contributed by atoms with Gasteiger partial charge in [0.05, 0.1) is 5.60 Å². The predicted molar refractivity (Wildman–Crippen MR) is 78.0 cm³/mol. The Morgan fingerprint density at radius 2 is 2.00 bits per heavy atom. The Balaban J connectivity index is 1.57. The molecule has 4 heteroatoms. The lowest BCUT2D eigenvalue weighted by molar-refractivity contribution is -0.370. The first-order chi connectivity index (χ1) is 10.3. The fourth-order valence-corrected chi connectivity index (χ4v) is 5.87. The van der Waals surface area contributed by atoms with Gasteiger partial charge in [-0.2, -0.15) is 0 Å². The number of aliphatic hydroxyl groups is 1. The molecular formula is C18H20O4. The van der Waals surface area contributed by atoms with Crippen molar-refractivity contribution in [2.24, 2.45) is 16.7 Å². The van der Waals surface area contributed by atoms with Crippen molar-refractivity contribution in [2.75, 3.05) is 0 Å². The molecule has 3 saturated heterocycles. The Morgan fingerprint density at radius 1 is 1.27 bits per heavy atom. The van der Waals surface area contributed by atoms with Crippen LogP contribution in [-0.2, 0) is 9.47 Å². The zero-order valence-corrected chi connectivity index (χ0v) is 12.8. The second kappa shape index (κ2) is 3.48. The molecule has 1 aromatic carbocycles. The molecule has 3 heterocycles. The number of benzene rings is 1. The molecule has 0 aromatic heterocycles. The topological polar surface area (TPSA) is 55.8 Å². The summed E-state index contributed by atoms with van der Waals surface area (Å²) >= 11 is 0. The number of rotatable bonds is 3. The van der Waals surface area contributed by atoms with Crippen molar-refractivity contribution >= 4 is 5.78 Å². The fraction of sp³-hybridized carbons (Fsp3) is 0.611. The van der Waals surface area contributed by atoms with Gasteiger partial charge < -0.3 is 14.6 Å². The van der Waals surface area contributed by atoms with Crippen molar-refractivity contribution in [1.82, 2.24) is 0 Å². The molecule has 1 aromatic rings. The van der Waals surface area contributed by atoms with E-state index in [1.807, 2.05) is 30.3 Å². The average Bonchev–Trinajstić information content (AvgIpc) is 2.66. The number of hydrogen-bond donors (Lipinski definition) is 1. The maximum absolute atomic E-state index is 12.8. The number of carbonyl (C=O) groups excluding carboxylic acids is 1. The molecule has 0 radical (unpaired) electrons. The first-order valence-corrected chi connectivity index (χ1v) is 8.01. The lowest BCUT2D eigenvalue weighted by atomic mass is 9.35. The highest BCUT2D eigenvalue weighted by molar-refractivity contribution is 5.96. The van der Waals surface area contributed by atoms with Crippen molar-refractivity contribution in [3.05, 3.63) is 35.9 Å². The zero-order chi connectivity index (χ0) is 15.4. The number of ether oxygens (including phenoxy) is 2. The third kappa shape index (κ3) is 1.12. The van der Waals surface area contributed by atoms with Gasteiger partial charge in [-0.05, 0) is 13.3 Å². The highest BCUT2D eigenvalue weighted by atomic mass is 16.8. The molecule has 6 aliphatic rings. The zero-order valence-electron chi connectivity index (χ0n) is 12.8. The highest BCUT2D eigenvalue weighted by Crippen LogP contribution is 2.85. The quantitative estimate of drug-likeness (QED) is 0.872. The van der Waals surface area contributed by atoms with E-state index in [-0.39, 0.29) is 22.5 Å². The second-order valence-electron chi connectivity index (χ2n) is 7.92. The maximum Gasteiger partial charge on any atom is 0.175 e. The Hall–Kier alpha value is -1.23. The smallest absolute Gasteiger partial charge is 0.175 e. The summed E-state index contributed by atoms with van der Waals surface area (Å²) in [6.45, 7) is 4.27. The summed E-state index contributed by atoms with van der Waals surface area (Å²) in [6, 6.07) is 9.38. The van der Waals surface area contributed by atoms with E-state index in [9.17, 15) is 9.90 Å². The molecule has 3 saturated carbocycles. The number of carbonyl (C=O) groups is 1. The summed E-state index contributed by atoms with van der Waals surface area (Å²) < 4.78 is 12.0. The summed E-state index contributed by atoms with van der Waals surface area (Å²) in [7, 11) is 0. The van der Waals surface area contributed by atoms with Gasteiger partial charge in [0, 0.05) is 35.2 Å². The molecule has 7 rings (SSSR count). The van der Waals surface area contributed by atoms with Crippen LogP contribution in [0.1, 0.15) is 43.5 Å². The van der Waals surface area contributed by atoms with E-state index in [0.29, 0.717) is 12.8 Å². The fourth-order valence-electron chi connectivity index (χ4n) is 5.87. The van der Waals surface area contributed by atoms with Gasteiger partial charge in [-0.1, -0.05) is 37.3 Å². The van der Waals surface area contributed by atoms with Crippen LogP contribution in [0.5, 0.6) is 0 Å². The minimum absolute atomic E-state index is 0.0123. The van der Waals surface area contributed by atoms with Gasteiger partial charge in [0.25, 0.3) is 0 Å². The van der Waals surface area contributed by atoms with Crippen molar-refractivity contribution in [3.8, 4) is 0 Å². The Bertz CT molecular complexity index is 688. The minimum Gasteiger partial charge on any atom is -0.365 e. The van der Waals surface area contributed by atoms with Crippen LogP contribution >= 0.6 is 0 Å². The highest BCUT2D eigenvalue weighted by Gasteiger charge is 2.91. The van der Waals surface area contributed by atoms with Gasteiger partial charge in [0.2, 0.25) is 0 Å². The van der Waals surface area contributed by atoms with E-state index in [0.717, 1.165) is 12.0 Å². The molecule has 3 aliphatic heterocycles. The van der Waals surface area contributed by atoms with Gasteiger partial charge in [-0.3, -0.25) is 4.79 Å². The van der Waals surface area contributed by atoms with Gasteiger partial charge in [0.15, 0.2) is 17.9 Å². The molecule has 6 fully saturated rings. The molecule has 6 bridgehead atoms. The van der Waals surface area contributed by atoms with Crippen LogP contribution in [0.15, 0.2) is 30.3 Å². The molecule has 3 aliphatic carbocycles. The van der Waals surface area contributed by atoms with E-state index >= 15 is 0 Å². The second-order valence-corrected chi connectivity index (χ2v) is 7.92. The number of Topliss-reactive ketones (excluding diaryl/α,β-unsaturated/α-hetero) is 1. The lowest BCUT2D eigenvalue weighted by Gasteiger charge is -2.67. The Labute approximate surface area is 129 Å². The van der Waals surface area contributed by atoms with E-state index in [1.54, 1.807) is 0 Å². The normalized spacial score (nSPS) is 53.6. The van der Waals surface area contributed by atoms with Crippen LogP contribution in [-0.4, -0.2) is 28.6 Å². The molecule has 1 N–H and O–H groups in total. The van der Waals surface area contributed by atoms with Crippen molar-refractivity contribution in [3.63, 3.8) is 0 Å². The first-order valence-electron chi connectivity index (χ1n) is 8.01. The standard InChI is InChI=1S/C18H20O4/c1-15-9-13-17(15,8-12(19)11-6-4-3-5-7-11)14-21-16(15,2)10-18(13,20)22-14/h3-7,13-14,20H,8-10H2,1-2H3/t13-,14?,15-,16+,17?,18-/m1/s1. The molecular weight excluding hydrogens is 280 g/mol. The monoisotopic (exact) mass is 300 g/mol. The van der Waals surface area contributed by atoms with Crippen molar-refractivity contribution in [1.29, 1.82) is 0 Å². The Morgan fingerprint density at radius 3 is 2.73 bits per heavy atom. The SMILES string of the molecule is C[C@]12C[C@@H]3C1(CC(=O)c1ccccc1)C1O[C@]3(O)C[C@]2(C)O1. The van der Waals surface area contributed by atoms with E-state index in [4.69, 9.17) is 9.47 Å². The Kier molecular flexibility index (Phi) is 2.09. The van der Waals surface area contributed by atoms with Crippen LogP contribution in [0, 0.1) is 16.7 Å². The van der Waals surface area contributed by atoms with Gasteiger partial charge in [-0.15, -0.1) is 0 Å². The lowest BCUT2D eigenvalue weighted by Crippen LogP contribution is -2.72. The average molecular weight is 300 g/mol. The number of ketones is 1. The van der Waals surface area contributed by atoms with Crippen molar-refractivity contribution in [2.45, 2.75) is 50.8 Å². The van der Waals surface area contributed by atoms with Crippen LogP contribution < -0.4 is 0 Å². The third-order valence-corrected chi connectivity index (χ3v) is 7.21. The predicted octanol–water partition coefficient (Wildman–Crippen LogP) is 2.51. The summed E-state index contributed by atoms with van der Waals surface area (Å²) in [4.78, 5) is 12.8.